The van der Waals surface area contributed by atoms with E-state index in [1.54, 1.807) is 0 Å². The number of nitrogens with zero attached hydrogens (tertiary/aromatic N) is 4. The molecule has 1 saturated carbocycles. The highest BCUT2D eigenvalue weighted by molar-refractivity contribution is 5.64. The lowest BCUT2D eigenvalue weighted by Crippen LogP contribution is -2.36. The average Bonchev–Trinajstić information content (AvgIpc) is 3.06. The SMILES string of the molecule is Cc1cc(N)cc(-c2nnnn2C2(C(F)(F)F)CC2)c1F. The van der Waals surface area contributed by atoms with Crippen molar-refractivity contribution < 1.29 is 17.6 Å². The molecule has 1 aromatic carbocycles. The number of halogens is 4. The molecule has 0 aliphatic heterocycles. The van der Waals surface area contributed by atoms with E-state index in [4.69, 9.17) is 5.73 Å². The molecule has 0 saturated heterocycles. The number of benzene rings is 1. The Morgan fingerprint density at radius 1 is 1.29 bits per heavy atom. The summed E-state index contributed by atoms with van der Waals surface area (Å²) in [6.07, 6.45) is -4.75. The maximum Gasteiger partial charge on any atom is 0.413 e. The van der Waals surface area contributed by atoms with E-state index in [1.807, 2.05) is 0 Å². The normalized spacial score (nSPS) is 17.0. The minimum absolute atomic E-state index is 0.128. The van der Waals surface area contributed by atoms with Crippen LogP contribution in [0.1, 0.15) is 18.4 Å². The first-order valence-corrected chi connectivity index (χ1v) is 6.18. The molecular weight excluding hydrogens is 290 g/mol. The van der Waals surface area contributed by atoms with Gasteiger partial charge in [0.1, 0.15) is 5.82 Å². The fourth-order valence-corrected chi connectivity index (χ4v) is 2.34. The molecule has 2 N–H and O–H groups in total. The molecule has 1 aliphatic carbocycles. The number of anilines is 1. The Morgan fingerprint density at radius 3 is 2.52 bits per heavy atom. The van der Waals surface area contributed by atoms with Gasteiger partial charge in [0.2, 0.25) is 0 Å². The number of tetrazole rings is 1. The number of aryl methyl sites for hydroxylation is 1. The molecule has 0 atom stereocenters. The van der Waals surface area contributed by atoms with Gasteiger partial charge in [-0.2, -0.15) is 13.2 Å². The predicted octanol–water partition coefficient (Wildman–Crippen LogP) is 2.42. The second-order valence-corrected chi connectivity index (χ2v) is 5.14. The van der Waals surface area contributed by atoms with Crippen LogP contribution < -0.4 is 5.73 Å². The van der Waals surface area contributed by atoms with Crippen LogP contribution in [0, 0.1) is 12.7 Å². The van der Waals surface area contributed by atoms with Crippen LogP contribution in [0.2, 0.25) is 0 Å². The summed E-state index contributed by atoms with van der Waals surface area (Å²) in [6.45, 7) is 1.47. The predicted molar refractivity (Wildman–Crippen MR) is 65.6 cm³/mol. The molecule has 0 bridgehead atoms. The van der Waals surface area contributed by atoms with E-state index in [0.29, 0.717) is 4.68 Å². The first-order valence-electron chi connectivity index (χ1n) is 6.18. The Morgan fingerprint density at radius 2 is 1.95 bits per heavy atom. The first-order chi connectivity index (χ1) is 9.76. The lowest BCUT2D eigenvalue weighted by atomic mass is 10.1. The van der Waals surface area contributed by atoms with Gasteiger partial charge in [-0.1, -0.05) is 0 Å². The third kappa shape index (κ3) is 1.95. The van der Waals surface area contributed by atoms with Gasteiger partial charge in [-0.15, -0.1) is 5.10 Å². The van der Waals surface area contributed by atoms with E-state index in [0.717, 1.165) is 0 Å². The molecule has 0 unspecified atom stereocenters. The smallest absolute Gasteiger partial charge is 0.399 e. The zero-order chi connectivity index (χ0) is 15.4. The summed E-state index contributed by atoms with van der Waals surface area (Å²) in [6, 6.07) is 2.63. The van der Waals surface area contributed by atoms with E-state index < -0.39 is 17.5 Å². The van der Waals surface area contributed by atoms with E-state index in [-0.39, 0.29) is 35.5 Å². The Bertz CT molecular complexity index is 702. The number of hydrogen-bond acceptors (Lipinski definition) is 4. The van der Waals surface area contributed by atoms with Gasteiger partial charge < -0.3 is 5.73 Å². The zero-order valence-corrected chi connectivity index (χ0v) is 10.9. The fourth-order valence-electron chi connectivity index (χ4n) is 2.34. The first kappa shape index (κ1) is 13.8. The highest BCUT2D eigenvalue weighted by Crippen LogP contribution is 2.56. The van der Waals surface area contributed by atoms with Gasteiger partial charge in [0.05, 0.1) is 5.56 Å². The molecule has 2 aromatic rings. The van der Waals surface area contributed by atoms with Crippen LogP contribution in [0.15, 0.2) is 12.1 Å². The number of nitrogen functional groups attached to an aromatic ring is 1. The topological polar surface area (TPSA) is 69.6 Å². The highest BCUT2D eigenvalue weighted by Gasteiger charge is 2.67. The molecule has 1 fully saturated rings. The number of hydrogen-bond donors (Lipinski definition) is 1. The number of aromatic nitrogens is 4. The van der Waals surface area contributed by atoms with Gasteiger partial charge in [-0.3, -0.25) is 0 Å². The maximum atomic E-state index is 14.2. The van der Waals surface area contributed by atoms with Crippen LogP contribution >= 0.6 is 0 Å². The summed E-state index contributed by atoms with van der Waals surface area (Å²) in [4.78, 5) is 0. The molecule has 1 heterocycles. The van der Waals surface area contributed by atoms with E-state index >= 15 is 0 Å². The van der Waals surface area contributed by atoms with Crippen LogP contribution in [-0.4, -0.2) is 26.4 Å². The minimum atomic E-state index is -4.50. The monoisotopic (exact) mass is 301 g/mol. The molecule has 0 amide bonds. The van der Waals surface area contributed by atoms with Gasteiger partial charge in [0.15, 0.2) is 11.4 Å². The molecule has 112 valence electrons. The van der Waals surface area contributed by atoms with Crippen LogP contribution in [0.3, 0.4) is 0 Å². The van der Waals surface area contributed by atoms with Gasteiger partial charge in [-0.25, -0.2) is 9.07 Å². The number of alkyl halides is 3. The van der Waals surface area contributed by atoms with E-state index in [2.05, 4.69) is 15.5 Å². The van der Waals surface area contributed by atoms with Gasteiger partial charge in [0, 0.05) is 5.69 Å². The Kier molecular flexibility index (Phi) is 2.72. The van der Waals surface area contributed by atoms with E-state index in [1.165, 1.54) is 19.1 Å². The molecule has 3 rings (SSSR count). The molecule has 0 spiro atoms. The van der Waals surface area contributed by atoms with Crippen LogP contribution in [0.25, 0.3) is 11.4 Å². The summed E-state index contributed by atoms with van der Waals surface area (Å²) >= 11 is 0. The number of nitrogens with two attached hydrogens (primary N) is 1. The summed E-state index contributed by atoms with van der Waals surface area (Å²) in [7, 11) is 0. The molecule has 9 heteroatoms. The summed E-state index contributed by atoms with van der Waals surface area (Å²) in [5, 5.41) is 10.3. The molecule has 5 nitrogen and oxygen atoms in total. The van der Waals surface area contributed by atoms with Crippen molar-refractivity contribution in [1.82, 2.24) is 20.2 Å². The van der Waals surface area contributed by atoms with Crippen molar-refractivity contribution in [1.29, 1.82) is 0 Å². The van der Waals surface area contributed by atoms with Crippen LogP contribution in [0.5, 0.6) is 0 Å². The summed E-state index contributed by atoms with van der Waals surface area (Å²) < 4.78 is 54.4. The molecule has 0 radical (unpaired) electrons. The lowest BCUT2D eigenvalue weighted by Gasteiger charge is -2.20. The molecular formula is C12H11F4N5. The van der Waals surface area contributed by atoms with Crippen molar-refractivity contribution in [2.24, 2.45) is 0 Å². The highest BCUT2D eigenvalue weighted by atomic mass is 19.4. The minimum Gasteiger partial charge on any atom is -0.399 e. The fraction of sp³-hybridized carbons (Fsp3) is 0.417. The van der Waals surface area contributed by atoms with Crippen molar-refractivity contribution in [3.63, 3.8) is 0 Å². The van der Waals surface area contributed by atoms with Crippen molar-refractivity contribution in [2.45, 2.75) is 31.5 Å². The Balaban J connectivity index is 2.18. The van der Waals surface area contributed by atoms with Crippen molar-refractivity contribution in [3.8, 4) is 11.4 Å². The standard InChI is InChI=1S/C12H11F4N5/c1-6-4-7(17)5-8(9(6)13)10-18-19-20-21(10)11(2-3-11)12(14,15)16/h4-5H,2-3,17H2,1H3. The molecule has 1 aromatic heterocycles. The van der Waals surface area contributed by atoms with E-state index in [9.17, 15) is 17.6 Å². The second-order valence-electron chi connectivity index (χ2n) is 5.14. The van der Waals surface area contributed by atoms with Crippen molar-refractivity contribution in [2.75, 3.05) is 5.73 Å². The van der Waals surface area contributed by atoms with Gasteiger partial charge in [0.25, 0.3) is 0 Å². The maximum absolute atomic E-state index is 14.2. The second kappa shape index (κ2) is 4.15. The van der Waals surface area contributed by atoms with Gasteiger partial charge in [-0.05, 0) is 47.9 Å². The molecule has 21 heavy (non-hydrogen) atoms. The lowest BCUT2D eigenvalue weighted by molar-refractivity contribution is -0.182. The van der Waals surface area contributed by atoms with Crippen molar-refractivity contribution >= 4 is 5.69 Å². The van der Waals surface area contributed by atoms with Crippen molar-refractivity contribution in [3.05, 3.63) is 23.5 Å². The van der Waals surface area contributed by atoms with Gasteiger partial charge >= 0.3 is 6.18 Å². The Labute approximate surface area is 116 Å². The largest absolute Gasteiger partial charge is 0.413 e. The molecule has 1 aliphatic rings. The van der Waals surface area contributed by atoms with Crippen LogP contribution in [0.4, 0.5) is 23.2 Å². The average molecular weight is 301 g/mol. The third-order valence-electron chi connectivity index (χ3n) is 3.64. The zero-order valence-electron chi connectivity index (χ0n) is 10.9. The summed E-state index contributed by atoms with van der Waals surface area (Å²) in [5.74, 6) is -0.948. The number of rotatable bonds is 2. The Hall–Kier alpha value is -2.19. The van der Waals surface area contributed by atoms with Crippen LogP contribution in [-0.2, 0) is 5.54 Å². The quantitative estimate of drug-likeness (QED) is 0.683. The summed E-state index contributed by atoms with van der Waals surface area (Å²) in [5.41, 5.74) is 3.81. The third-order valence-corrected chi connectivity index (χ3v) is 3.64.